The minimum absolute atomic E-state index is 0.185. The van der Waals surface area contributed by atoms with Gasteiger partial charge in [-0.2, -0.15) is 5.10 Å². The topological polar surface area (TPSA) is 77.4 Å². The highest BCUT2D eigenvalue weighted by Crippen LogP contribution is 2.28. The number of nitrogens with zero attached hydrogens (tertiary/aromatic N) is 2. The molecular formula is C21H21FN4O3. The van der Waals surface area contributed by atoms with Crippen molar-refractivity contribution in [3.05, 3.63) is 65.6 Å². The van der Waals surface area contributed by atoms with E-state index in [0.29, 0.717) is 36.0 Å². The molecule has 2 heterocycles. The Bertz CT molecular complexity index is 1030. The minimum Gasteiger partial charge on any atom is -0.493 e. The van der Waals surface area contributed by atoms with E-state index in [2.05, 4.69) is 15.7 Å². The number of benzene rings is 2. The Kier molecular flexibility index (Phi) is 5.18. The summed E-state index contributed by atoms with van der Waals surface area (Å²) in [7, 11) is 3.19. The lowest BCUT2D eigenvalue weighted by molar-refractivity contribution is 0.0900. The van der Waals surface area contributed by atoms with Crippen LogP contribution in [-0.2, 0) is 6.54 Å². The van der Waals surface area contributed by atoms with Crippen molar-refractivity contribution in [3.8, 4) is 22.8 Å². The van der Waals surface area contributed by atoms with Gasteiger partial charge in [0.1, 0.15) is 17.7 Å². The van der Waals surface area contributed by atoms with Gasteiger partial charge in [0.25, 0.3) is 5.91 Å². The molecule has 0 bridgehead atoms. The average molecular weight is 396 g/mol. The monoisotopic (exact) mass is 396 g/mol. The fourth-order valence-corrected chi connectivity index (χ4v) is 3.31. The fraction of sp³-hybridized carbons (Fsp3) is 0.238. The molecule has 0 radical (unpaired) electrons. The SMILES string of the molecule is COc1ccc(CN[C@H]2CNC(=O)c3cc(-c4ccc(F)cc4)nn32)cc1OC. The number of rotatable bonds is 6. The number of fused-ring (bicyclic) bond motifs is 1. The third kappa shape index (κ3) is 3.79. The molecule has 7 nitrogen and oxygen atoms in total. The molecule has 0 saturated carbocycles. The van der Waals surface area contributed by atoms with Crippen molar-refractivity contribution in [1.82, 2.24) is 20.4 Å². The van der Waals surface area contributed by atoms with Crippen molar-refractivity contribution in [3.63, 3.8) is 0 Å². The van der Waals surface area contributed by atoms with Gasteiger partial charge in [0.15, 0.2) is 11.5 Å². The van der Waals surface area contributed by atoms with Gasteiger partial charge in [0.2, 0.25) is 0 Å². The summed E-state index contributed by atoms with van der Waals surface area (Å²) in [5.41, 5.74) is 2.84. The predicted molar refractivity (Wildman–Crippen MR) is 105 cm³/mol. The van der Waals surface area contributed by atoms with Gasteiger partial charge < -0.3 is 14.8 Å². The van der Waals surface area contributed by atoms with E-state index in [1.165, 1.54) is 12.1 Å². The van der Waals surface area contributed by atoms with Crippen LogP contribution in [0.1, 0.15) is 22.2 Å². The highest BCUT2D eigenvalue weighted by molar-refractivity contribution is 5.94. The van der Waals surface area contributed by atoms with E-state index in [-0.39, 0.29) is 17.9 Å². The Morgan fingerprint density at radius 1 is 1.14 bits per heavy atom. The number of halogens is 1. The summed E-state index contributed by atoms with van der Waals surface area (Å²) in [6.45, 7) is 0.954. The first kappa shape index (κ1) is 18.9. The second kappa shape index (κ2) is 7.92. The molecule has 1 aliphatic heterocycles. The molecule has 150 valence electrons. The number of carbonyl (C=O) groups excluding carboxylic acids is 1. The van der Waals surface area contributed by atoms with Crippen LogP contribution in [0.5, 0.6) is 11.5 Å². The number of aromatic nitrogens is 2. The molecule has 0 unspecified atom stereocenters. The largest absolute Gasteiger partial charge is 0.493 e. The van der Waals surface area contributed by atoms with Crippen LogP contribution in [0.3, 0.4) is 0 Å². The molecular weight excluding hydrogens is 375 g/mol. The molecule has 0 fully saturated rings. The summed E-state index contributed by atoms with van der Waals surface area (Å²) < 4.78 is 25.5. The molecule has 1 aliphatic rings. The molecule has 0 spiro atoms. The van der Waals surface area contributed by atoms with Crippen LogP contribution in [0.2, 0.25) is 0 Å². The zero-order valence-electron chi connectivity index (χ0n) is 16.1. The van der Waals surface area contributed by atoms with Crippen LogP contribution in [0.4, 0.5) is 4.39 Å². The van der Waals surface area contributed by atoms with Crippen molar-refractivity contribution in [2.45, 2.75) is 12.7 Å². The van der Waals surface area contributed by atoms with Crippen LogP contribution >= 0.6 is 0 Å². The van der Waals surface area contributed by atoms with Gasteiger partial charge in [-0.1, -0.05) is 6.07 Å². The number of ether oxygens (including phenoxy) is 2. The molecule has 0 saturated heterocycles. The van der Waals surface area contributed by atoms with E-state index < -0.39 is 0 Å². The summed E-state index contributed by atoms with van der Waals surface area (Å²) in [5.74, 6) is 0.821. The van der Waals surface area contributed by atoms with E-state index in [4.69, 9.17) is 9.47 Å². The standard InChI is InChI=1S/C21H21FN4O3/c1-28-18-8-3-13(9-19(18)29-2)11-23-20-12-24-21(27)17-10-16(25-26(17)20)14-4-6-15(22)7-5-14/h3-10,20,23H,11-12H2,1-2H3,(H,24,27)/t20-/m1/s1. The molecule has 0 aliphatic carbocycles. The molecule has 2 N–H and O–H groups in total. The molecule has 1 aromatic heterocycles. The third-order valence-electron chi connectivity index (χ3n) is 4.85. The normalized spacial score (nSPS) is 15.6. The summed E-state index contributed by atoms with van der Waals surface area (Å²) >= 11 is 0. The number of hydrogen-bond donors (Lipinski definition) is 2. The lowest BCUT2D eigenvalue weighted by atomic mass is 10.1. The second-order valence-electron chi connectivity index (χ2n) is 6.66. The van der Waals surface area contributed by atoms with Crippen LogP contribution in [0.15, 0.2) is 48.5 Å². The Labute approximate surface area is 167 Å². The molecule has 1 atom stereocenters. The number of hydrogen-bond acceptors (Lipinski definition) is 5. The van der Waals surface area contributed by atoms with Gasteiger partial charge in [-0.3, -0.25) is 10.1 Å². The summed E-state index contributed by atoms with van der Waals surface area (Å²) in [4.78, 5) is 12.3. The van der Waals surface area contributed by atoms with Crippen LogP contribution in [0, 0.1) is 5.82 Å². The molecule has 8 heteroatoms. The molecule has 29 heavy (non-hydrogen) atoms. The van der Waals surface area contributed by atoms with Crippen LogP contribution < -0.4 is 20.1 Å². The van der Waals surface area contributed by atoms with Gasteiger partial charge in [0.05, 0.1) is 26.5 Å². The number of nitrogens with one attached hydrogen (secondary N) is 2. The van der Waals surface area contributed by atoms with E-state index in [1.807, 2.05) is 18.2 Å². The zero-order chi connectivity index (χ0) is 20.4. The molecule has 3 aromatic rings. The van der Waals surface area contributed by atoms with E-state index in [9.17, 15) is 9.18 Å². The van der Waals surface area contributed by atoms with Gasteiger partial charge in [-0.05, 0) is 48.0 Å². The maximum atomic E-state index is 13.2. The van der Waals surface area contributed by atoms with E-state index >= 15 is 0 Å². The lowest BCUT2D eigenvalue weighted by Gasteiger charge is -2.26. The summed E-state index contributed by atoms with van der Waals surface area (Å²) in [6, 6.07) is 13.5. The van der Waals surface area contributed by atoms with Gasteiger partial charge in [0, 0.05) is 12.1 Å². The van der Waals surface area contributed by atoms with Crippen molar-refractivity contribution >= 4 is 5.91 Å². The molecule has 4 rings (SSSR count). The highest BCUT2D eigenvalue weighted by Gasteiger charge is 2.27. The van der Waals surface area contributed by atoms with Gasteiger partial charge in [-0.15, -0.1) is 0 Å². The minimum atomic E-state index is -0.315. The Balaban J connectivity index is 1.55. The Morgan fingerprint density at radius 3 is 2.62 bits per heavy atom. The van der Waals surface area contributed by atoms with Crippen molar-refractivity contribution in [1.29, 1.82) is 0 Å². The maximum absolute atomic E-state index is 13.2. The zero-order valence-corrected chi connectivity index (χ0v) is 16.1. The van der Waals surface area contributed by atoms with Crippen molar-refractivity contribution in [2.75, 3.05) is 20.8 Å². The first-order valence-corrected chi connectivity index (χ1v) is 9.17. The first-order valence-electron chi connectivity index (χ1n) is 9.17. The fourth-order valence-electron chi connectivity index (χ4n) is 3.31. The van der Waals surface area contributed by atoms with E-state index in [1.54, 1.807) is 37.1 Å². The van der Waals surface area contributed by atoms with Crippen molar-refractivity contribution < 1.29 is 18.7 Å². The highest BCUT2D eigenvalue weighted by atomic mass is 19.1. The maximum Gasteiger partial charge on any atom is 0.269 e. The quantitative estimate of drug-likeness (QED) is 0.670. The summed E-state index contributed by atoms with van der Waals surface area (Å²) in [6.07, 6.45) is -0.218. The average Bonchev–Trinajstić information content (AvgIpc) is 3.20. The number of carbonyl (C=O) groups is 1. The second-order valence-corrected chi connectivity index (χ2v) is 6.66. The Hall–Kier alpha value is -3.39. The lowest BCUT2D eigenvalue weighted by Crippen LogP contribution is -2.45. The van der Waals surface area contributed by atoms with E-state index in [0.717, 1.165) is 11.1 Å². The Morgan fingerprint density at radius 2 is 1.90 bits per heavy atom. The summed E-state index contributed by atoms with van der Waals surface area (Å²) in [5, 5.41) is 10.9. The van der Waals surface area contributed by atoms with Crippen LogP contribution in [0.25, 0.3) is 11.3 Å². The first-order chi connectivity index (χ1) is 14.1. The predicted octanol–water partition coefficient (Wildman–Crippen LogP) is 2.74. The number of methoxy groups -OCH3 is 2. The van der Waals surface area contributed by atoms with Gasteiger partial charge >= 0.3 is 0 Å². The molecule has 1 amide bonds. The van der Waals surface area contributed by atoms with Gasteiger partial charge in [-0.25, -0.2) is 9.07 Å². The third-order valence-corrected chi connectivity index (χ3v) is 4.85. The smallest absolute Gasteiger partial charge is 0.269 e. The molecule has 2 aromatic carbocycles. The van der Waals surface area contributed by atoms with Crippen molar-refractivity contribution in [2.24, 2.45) is 0 Å². The number of amides is 1. The van der Waals surface area contributed by atoms with Crippen LogP contribution in [-0.4, -0.2) is 36.5 Å².